The lowest BCUT2D eigenvalue weighted by Crippen LogP contribution is -2.67. The Kier molecular flexibility index (Phi) is 14.9. The van der Waals surface area contributed by atoms with Crippen molar-refractivity contribution >= 4 is 33.0 Å². The number of allylic oxidation sites excluding steroid dienone is 2. The summed E-state index contributed by atoms with van der Waals surface area (Å²) >= 11 is 0. The van der Waals surface area contributed by atoms with E-state index in [0.717, 1.165) is 0 Å². The van der Waals surface area contributed by atoms with Gasteiger partial charge in [0.2, 0.25) is 0 Å². The summed E-state index contributed by atoms with van der Waals surface area (Å²) in [6, 6.07) is 21.4. The number of hydrogen-bond acceptors (Lipinski definition) is 6. The Morgan fingerprint density at radius 1 is 0.783 bits per heavy atom. The summed E-state index contributed by atoms with van der Waals surface area (Å²) in [5.41, 5.74) is -0.265. The number of rotatable bonds is 17. The summed E-state index contributed by atoms with van der Waals surface area (Å²) in [4.78, 5) is 12.9. The third kappa shape index (κ3) is 10.9. The van der Waals surface area contributed by atoms with Crippen molar-refractivity contribution in [2.45, 2.75) is 91.1 Å². The van der Waals surface area contributed by atoms with Crippen LogP contribution in [0.5, 0.6) is 0 Å². The fourth-order valence-corrected chi connectivity index (χ4v) is 11.1. The van der Waals surface area contributed by atoms with E-state index in [9.17, 15) is 4.79 Å². The molecular weight excluding hydrogens is 609 g/mol. The molecule has 0 radical (unpaired) electrons. The minimum Gasteiger partial charge on any atom is -0.469 e. The summed E-state index contributed by atoms with van der Waals surface area (Å²) in [5, 5.41) is 2.51. The molecule has 0 saturated carbocycles. The molecule has 2 aromatic carbocycles. The highest BCUT2D eigenvalue weighted by molar-refractivity contribution is 6.99. The number of carbonyl (C=O) groups excluding carboxylic acids is 1. The molecule has 0 N–H and O–H groups in total. The number of methoxy groups -OCH3 is 2. The summed E-state index contributed by atoms with van der Waals surface area (Å²) < 4.78 is 29.9. The van der Waals surface area contributed by atoms with Crippen molar-refractivity contribution in [3.05, 3.63) is 85.0 Å². The van der Waals surface area contributed by atoms with Crippen LogP contribution in [0.15, 0.2) is 85.0 Å². The van der Waals surface area contributed by atoms with E-state index in [0.29, 0.717) is 19.6 Å². The first-order valence-electron chi connectivity index (χ1n) is 16.4. The Balaban J connectivity index is 2.28. The van der Waals surface area contributed by atoms with Gasteiger partial charge in [-0.05, 0) is 40.0 Å². The molecule has 0 spiro atoms. The molecule has 0 heterocycles. The standard InChI is InChI=1S/C38H60O6Si2/c1-36(2,3)45(11,12)43-28-26-33(35(39)41-10)34(42-30-40-9)25-19-20-27-38(7,8)29-44-46(37(4,5)6,31-21-15-13-16-22-31)32-23-17-14-18-24-32/h13-25,27,33-34H,26,28-30H2,1-12H3/b25-19+,27-20+/t33-,34+/m0/s1. The molecular formula is C38H60O6Si2. The van der Waals surface area contributed by atoms with E-state index in [-0.39, 0.29) is 28.3 Å². The average Bonchev–Trinajstić information content (AvgIpc) is 2.99. The molecule has 0 bridgehead atoms. The zero-order valence-corrected chi connectivity index (χ0v) is 32.5. The predicted molar refractivity (Wildman–Crippen MR) is 196 cm³/mol. The van der Waals surface area contributed by atoms with Crippen LogP contribution in [0.1, 0.15) is 61.8 Å². The molecule has 0 amide bonds. The van der Waals surface area contributed by atoms with E-state index < -0.39 is 28.7 Å². The van der Waals surface area contributed by atoms with Gasteiger partial charge in [-0.25, -0.2) is 0 Å². The SMILES string of the molecule is COCO[C@H](/C=C/C=C/C(C)(C)CO[Si](c1ccccc1)(c1ccccc1)C(C)(C)C)[C@H](CCO[Si](C)(C)C(C)(C)C)C(=O)OC. The molecule has 46 heavy (non-hydrogen) atoms. The maximum atomic E-state index is 12.9. The monoisotopic (exact) mass is 668 g/mol. The zero-order valence-electron chi connectivity index (χ0n) is 30.5. The van der Waals surface area contributed by atoms with Gasteiger partial charge in [-0.3, -0.25) is 4.79 Å². The molecule has 2 atom stereocenters. The molecule has 0 unspecified atom stereocenters. The summed E-state index contributed by atoms with van der Waals surface area (Å²) in [6.07, 6.45) is 7.97. The maximum absolute atomic E-state index is 12.9. The molecule has 2 rings (SSSR count). The summed E-state index contributed by atoms with van der Waals surface area (Å²) in [7, 11) is -1.63. The Labute approximate surface area is 281 Å². The van der Waals surface area contributed by atoms with Crippen LogP contribution in [0, 0.1) is 11.3 Å². The summed E-state index contributed by atoms with van der Waals surface area (Å²) in [6.45, 7) is 23.3. The molecule has 0 aliphatic heterocycles. The van der Waals surface area contributed by atoms with Crippen molar-refractivity contribution in [3.63, 3.8) is 0 Å². The van der Waals surface area contributed by atoms with Crippen molar-refractivity contribution in [1.82, 2.24) is 0 Å². The van der Waals surface area contributed by atoms with Crippen LogP contribution in [0.2, 0.25) is 23.2 Å². The fourth-order valence-electron chi connectivity index (χ4n) is 5.27. The highest BCUT2D eigenvalue weighted by Crippen LogP contribution is 2.38. The van der Waals surface area contributed by atoms with E-state index in [2.05, 4.69) is 135 Å². The number of benzene rings is 2. The molecule has 8 heteroatoms. The van der Waals surface area contributed by atoms with E-state index in [1.54, 1.807) is 7.11 Å². The topological polar surface area (TPSA) is 63.2 Å². The van der Waals surface area contributed by atoms with Crippen LogP contribution < -0.4 is 10.4 Å². The Morgan fingerprint density at radius 3 is 1.78 bits per heavy atom. The molecule has 0 aliphatic carbocycles. The highest BCUT2D eigenvalue weighted by Gasteiger charge is 2.50. The van der Waals surface area contributed by atoms with Crippen molar-refractivity contribution in [2.24, 2.45) is 11.3 Å². The van der Waals surface area contributed by atoms with Crippen LogP contribution in [0.25, 0.3) is 0 Å². The smallest absolute Gasteiger partial charge is 0.311 e. The Hall–Kier alpha value is -2.34. The minimum absolute atomic E-state index is 0.0626. The van der Waals surface area contributed by atoms with Gasteiger partial charge in [0.15, 0.2) is 8.32 Å². The first-order valence-corrected chi connectivity index (χ1v) is 21.2. The van der Waals surface area contributed by atoms with Gasteiger partial charge in [0.05, 0.1) is 19.1 Å². The molecule has 0 saturated heterocycles. The first-order chi connectivity index (χ1) is 21.4. The molecule has 6 nitrogen and oxygen atoms in total. The number of esters is 1. The highest BCUT2D eigenvalue weighted by atomic mass is 28.4. The molecule has 0 aromatic heterocycles. The molecule has 2 aromatic rings. The fraction of sp³-hybridized carbons (Fsp3) is 0.553. The second kappa shape index (κ2) is 17.2. The first kappa shape index (κ1) is 39.8. The van der Waals surface area contributed by atoms with Crippen LogP contribution in [-0.2, 0) is 27.9 Å². The third-order valence-corrected chi connectivity index (χ3v) is 18.5. The number of ether oxygens (including phenoxy) is 3. The van der Waals surface area contributed by atoms with Gasteiger partial charge in [0.25, 0.3) is 8.32 Å². The van der Waals surface area contributed by atoms with Gasteiger partial charge in [-0.1, -0.05) is 140 Å². The lowest BCUT2D eigenvalue weighted by Gasteiger charge is -2.44. The van der Waals surface area contributed by atoms with Gasteiger partial charge in [-0.2, -0.15) is 0 Å². The predicted octanol–water partition coefficient (Wildman–Crippen LogP) is 7.89. The molecule has 256 valence electrons. The van der Waals surface area contributed by atoms with E-state index >= 15 is 0 Å². The van der Waals surface area contributed by atoms with Crippen molar-refractivity contribution in [2.75, 3.05) is 34.2 Å². The van der Waals surface area contributed by atoms with Gasteiger partial charge in [0, 0.05) is 25.7 Å². The maximum Gasteiger partial charge on any atom is 0.311 e. The quantitative estimate of drug-likeness (QED) is 0.0740. The van der Waals surface area contributed by atoms with Crippen LogP contribution >= 0.6 is 0 Å². The lowest BCUT2D eigenvalue weighted by atomic mass is 9.94. The van der Waals surface area contributed by atoms with Crippen molar-refractivity contribution in [3.8, 4) is 0 Å². The van der Waals surface area contributed by atoms with Crippen LogP contribution in [0.4, 0.5) is 0 Å². The van der Waals surface area contributed by atoms with Crippen LogP contribution in [-0.4, -0.2) is 62.9 Å². The van der Waals surface area contributed by atoms with Gasteiger partial charge < -0.3 is 23.1 Å². The van der Waals surface area contributed by atoms with Gasteiger partial charge >= 0.3 is 5.97 Å². The van der Waals surface area contributed by atoms with E-state index in [4.69, 9.17) is 23.1 Å². The molecule has 0 fully saturated rings. The average molecular weight is 669 g/mol. The van der Waals surface area contributed by atoms with E-state index in [1.165, 1.54) is 17.5 Å². The molecule has 0 aliphatic rings. The normalized spacial score (nSPS) is 15.0. The van der Waals surface area contributed by atoms with Gasteiger partial charge in [0.1, 0.15) is 6.79 Å². The Morgan fingerprint density at radius 2 is 1.33 bits per heavy atom. The van der Waals surface area contributed by atoms with E-state index in [1.807, 2.05) is 18.2 Å². The second-order valence-corrected chi connectivity index (χ2v) is 24.4. The number of carbonyl (C=O) groups is 1. The summed E-state index contributed by atoms with van der Waals surface area (Å²) in [5.74, 6) is -0.853. The van der Waals surface area contributed by atoms with Crippen molar-refractivity contribution in [1.29, 1.82) is 0 Å². The second-order valence-electron chi connectivity index (χ2n) is 15.2. The lowest BCUT2D eigenvalue weighted by molar-refractivity contribution is -0.154. The largest absolute Gasteiger partial charge is 0.469 e. The van der Waals surface area contributed by atoms with Crippen LogP contribution in [0.3, 0.4) is 0 Å². The number of hydrogen-bond donors (Lipinski definition) is 0. The van der Waals surface area contributed by atoms with Crippen molar-refractivity contribution < 1.29 is 27.9 Å². The minimum atomic E-state index is -2.66. The van der Waals surface area contributed by atoms with Gasteiger partial charge in [-0.15, -0.1) is 0 Å². The Bertz CT molecular complexity index is 1200. The third-order valence-electron chi connectivity index (χ3n) is 9.01. The zero-order chi connectivity index (χ0) is 34.7.